The van der Waals surface area contributed by atoms with Crippen molar-refractivity contribution in [3.63, 3.8) is 0 Å². The number of rotatable bonds is 2. The van der Waals surface area contributed by atoms with Gasteiger partial charge >= 0.3 is 13.9 Å². The van der Waals surface area contributed by atoms with Crippen LogP contribution in [0.25, 0.3) is 0 Å². The van der Waals surface area contributed by atoms with Crippen molar-refractivity contribution in [2.45, 2.75) is 5.85 Å². The van der Waals surface area contributed by atoms with Gasteiger partial charge in [-0.05, 0) is 4.57 Å². The van der Waals surface area contributed by atoms with Gasteiger partial charge in [-0.3, -0.25) is 0 Å². The zero-order chi connectivity index (χ0) is 8.27. The Morgan fingerprint density at radius 2 is 1.75 bits per heavy atom. The Morgan fingerprint density at radius 3 is 2.17 bits per heavy atom. The summed E-state index contributed by atoms with van der Waals surface area (Å²) in [6.07, 6.45) is 0. The molecular weight excluding hydrogens is 177 g/mol. The Morgan fingerprint density at radius 1 is 1.25 bits per heavy atom. The molecule has 4 nitrogen and oxygen atoms in total. The zero-order valence-electron chi connectivity index (χ0n) is 6.42. The van der Waals surface area contributed by atoms with Gasteiger partial charge in [0.25, 0.3) is 0 Å². The summed E-state index contributed by atoms with van der Waals surface area (Å²) in [6, 6.07) is 8.40. The van der Waals surface area contributed by atoms with Crippen LogP contribution >= 0.6 is 8.03 Å². The topological polar surface area (TPSA) is 92.5 Å². The van der Waals surface area contributed by atoms with Gasteiger partial charge in [0.05, 0.1) is 0 Å². The van der Waals surface area contributed by atoms with E-state index in [1.807, 2.05) is 0 Å². The summed E-state index contributed by atoms with van der Waals surface area (Å²) in [5, 5.41) is 9.06. The maximum atomic E-state index is 10.4. The van der Waals surface area contributed by atoms with Gasteiger partial charge in [-0.1, -0.05) is 30.3 Å². The third-order valence-corrected chi connectivity index (χ3v) is 2.02. The molecule has 0 heterocycles. The van der Waals surface area contributed by atoms with Crippen molar-refractivity contribution in [2.24, 2.45) is 0 Å². The molecule has 0 saturated carbocycles. The van der Waals surface area contributed by atoms with Gasteiger partial charge in [-0.2, -0.15) is 4.89 Å². The molecule has 0 aliphatic rings. The van der Waals surface area contributed by atoms with Crippen molar-refractivity contribution in [1.82, 2.24) is 6.15 Å². The second kappa shape index (κ2) is 4.95. The summed E-state index contributed by atoms with van der Waals surface area (Å²) >= 11 is 0. The van der Waals surface area contributed by atoms with Crippen molar-refractivity contribution >= 4 is 8.03 Å². The minimum absolute atomic E-state index is 0. The first-order valence-corrected chi connectivity index (χ1v) is 4.38. The quantitative estimate of drug-likeness (QED) is 0.614. The summed E-state index contributed by atoms with van der Waals surface area (Å²) < 4.78 is 10.4. The molecule has 1 aromatic rings. The zero-order valence-corrected chi connectivity index (χ0v) is 7.32. The average Bonchev–Trinajstić information content (AvgIpc) is 2.05. The molecule has 0 aromatic heterocycles. The van der Waals surface area contributed by atoms with Crippen LogP contribution in [0.15, 0.2) is 30.3 Å². The first kappa shape index (κ1) is 11.2. The molecule has 1 rings (SSSR count). The number of hydrogen-bond donors (Lipinski definition) is 3. The van der Waals surface area contributed by atoms with Gasteiger partial charge in [0.2, 0.25) is 0 Å². The number of aliphatic hydroxyl groups is 1. The van der Waals surface area contributed by atoms with Crippen LogP contribution in [-0.2, 0) is 4.57 Å². The van der Waals surface area contributed by atoms with E-state index in [2.05, 4.69) is 0 Å². The van der Waals surface area contributed by atoms with E-state index in [-0.39, 0.29) is 6.15 Å². The van der Waals surface area contributed by atoms with Gasteiger partial charge < -0.3 is 11.3 Å². The van der Waals surface area contributed by atoms with Crippen LogP contribution in [0.4, 0.5) is 0 Å². The molecule has 0 spiro atoms. The number of aliphatic hydroxyl groups excluding tert-OH is 1. The van der Waals surface area contributed by atoms with Crippen LogP contribution in [0.1, 0.15) is 11.4 Å². The Hall–Kier alpha value is -0.800. The van der Waals surface area contributed by atoms with Gasteiger partial charge in [-0.25, -0.2) is 0 Å². The fraction of sp³-hybridized carbons (Fsp3) is 0.143. The Bertz CT molecular complexity index is 252. The minimum Gasteiger partial charge on any atom is -0.345 e. The largest absolute Gasteiger partial charge is 0.542 e. The maximum absolute atomic E-state index is 10.4. The molecule has 0 aliphatic carbocycles. The summed E-state index contributed by atoms with van der Waals surface area (Å²) in [5.74, 6) is -1.26. The second-order valence-corrected chi connectivity index (χ2v) is 3.18. The summed E-state index contributed by atoms with van der Waals surface area (Å²) in [5.41, 5.74) is 0.469. The molecule has 1 aromatic carbocycles. The van der Waals surface area contributed by atoms with Crippen LogP contribution in [0.5, 0.6) is 0 Å². The standard InChI is InChI=1S/C7H7O3P.H3N/c8-7(11(9)10)6-4-2-1-3-5-6;/h1-5,7-8H;1H3/p+1. The smallest absolute Gasteiger partial charge is 0.345 e. The van der Waals surface area contributed by atoms with Crippen LogP contribution in [0.2, 0.25) is 0 Å². The fourth-order valence-corrected chi connectivity index (χ4v) is 1.18. The fourth-order valence-electron chi connectivity index (χ4n) is 0.753. The van der Waals surface area contributed by atoms with E-state index >= 15 is 0 Å². The van der Waals surface area contributed by atoms with Gasteiger partial charge in [0.15, 0.2) is 0 Å². The predicted octanol–water partition coefficient (Wildman–Crippen LogP) is 1.57. The minimum atomic E-state index is -2.53. The summed E-state index contributed by atoms with van der Waals surface area (Å²) in [6.45, 7) is 0. The van der Waals surface area contributed by atoms with Crippen LogP contribution in [-0.4, -0.2) is 10.00 Å². The molecule has 0 bridgehead atoms. The third kappa shape index (κ3) is 2.68. The van der Waals surface area contributed by atoms with Gasteiger partial charge in [-0.15, -0.1) is 0 Å². The van der Waals surface area contributed by atoms with Crippen molar-refractivity contribution in [3.8, 4) is 0 Å². The lowest BCUT2D eigenvalue weighted by molar-refractivity contribution is 0.243. The molecule has 2 atom stereocenters. The highest BCUT2D eigenvalue weighted by atomic mass is 31.1. The molecule has 0 amide bonds. The Kier molecular flexibility index (Phi) is 4.62. The molecule has 66 valence electrons. The monoisotopic (exact) mass is 188 g/mol. The number of hydrogen-bond acceptors (Lipinski definition) is 3. The molecule has 0 saturated heterocycles. The van der Waals surface area contributed by atoms with E-state index in [4.69, 9.17) is 10.00 Å². The molecule has 2 unspecified atom stereocenters. The third-order valence-electron chi connectivity index (χ3n) is 1.31. The molecule has 0 aliphatic heterocycles. The molecule has 0 fully saturated rings. The SMILES string of the molecule is N.O=[P+](O)C(O)c1ccccc1. The van der Waals surface area contributed by atoms with Crippen LogP contribution in [0.3, 0.4) is 0 Å². The summed E-state index contributed by atoms with van der Waals surface area (Å²) in [4.78, 5) is 8.53. The maximum Gasteiger partial charge on any atom is 0.542 e. The molecule has 5 N–H and O–H groups in total. The highest BCUT2D eigenvalue weighted by Gasteiger charge is 2.27. The molecular formula is C7H11NO3P+. The van der Waals surface area contributed by atoms with Crippen molar-refractivity contribution in [1.29, 1.82) is 0 Å². The van der Waals surface area contributed by atoms with E-state index in [9.17, 15) is 4.57 Å². The van der Waals surface area contributed by atoms with Crippen molar-refractivity contribution in [2.75, 3.05) is 0 Å². The van der Waals surface area contributed by atoms with Crippen molar-refractivity contribution in [3.05, 3.63) is 35.9 Å². The van der Waals surface area contributed by atoms with E-state index in [1.165, 1.54) is 0 Å². The normalized spacial score (nSPS) is 13.0. The summed E-state index contributed by atoms with van der Waals surface area (Å²) in [7, 11) is -2.53. The number of benzene rings is 1. The molecule has 0 radical (unpaired) electrons. The van der Waals surface area contributed by atoms with E-state index in [0.717, 1.165) is 0 Å². The lowest BCUT2D eigenvalue weighted by Crippen LogP contribution is -1.89. The predicted molar refractivity (Wildman–Crippen MR) is 46.2 cm³/mol. The van der Waals surface area contributed by atoms with Gasteiger partial charge in [0.1, 0.15) is 0 Å². The second-order valence-electron chi connectivity index (χ2n) is 2.09. The van der Waals surface area contributed by atoms with Crippen LogP contribution in [0, 0.1) is 0 Å². The van der Waals surface area contributed by atoms with Gasteiger partial charge in [0, 0.05) is 5.56 Å². The van der Waals surface area contributed by atoms with E-state index in [1.54, 1.807) is 30.3 Å². The average molecular weight is 188 g/mol. The molecule has 5 heteroatoms. The van der Waals surface area contributed by atoms with Crippen molar-refractivity contribution < 1.29 is 14.6 Å². The molecule has 12 heavy (non-hydrogen) atoms. The Balaban J connectivity index is 0.00000121. The first-order valence-electron chi connectivity index (χ1n) is 3.10. The van der Waals surface area contributed by atoms with E-state index < -0.39 is 13.9 Å². The Labute approximate surface area is 71.3 Å². The van der Waals surface area contributed by atoms with E-state index in [0.29, 0.717) is 5.56 Å². The highest BCUT2D eigenvalue weighted by molar-refractivity contribution is 7.38. The first-order chi connectivity index (χ1) is 5.22. The lowest BCUT2D eigenvalue weighted by atomic mass is 10.2. The lowest BCUT2D eigenvalue weighted by Gasteiger charge is -1.94. The van der Waals surface area contributed by atoms with Crippen LogP contribution < -0.4 is 6.15 Å². The highest BCUT2D eigenvalue weighted by Crippen LogP contribution is 2.34.